The highest BCUT2D eigenvalue weighted by atomic mass is 16.6. The van der Waals surface area contributed by atoms with Gasteiger partial charge in [-0.05, 0) is 36.4 Å². The molecule has 1 N–H and O–H groups in total. The molecule has 0 radical (unpaired) electrons. The average molecular weight is 349 g/mol. The first-order chi connectivity index (χ1) is 12.8. The van der Waals surface area contributed by atoms with E-state index in [-0.39, 0.29) is 12.0 Å². The van der Waals surface area contributed by atoms with Crippen LogP contribution in [0.1, 0.15) is 16.8 Å². The molecule has 4 rings (SSSR count). The Hall–Kier alpha value is -3.28. The maximum Gasteiger partial charge on any atom is 0.251 e. The average Bonchev–Trinajstić information content (AvgIpc) is 3.23. The van der Waals surface area contributed by atoms with E-state index in [0.29, 0.717) is 25.1 Å². The molecule has 6 nitrogen and oxygen atoms in total. The van der Waals surface area contributed by atoms with Crippen molar-refractivity contribution >= 4 is 5.91 Å². The third kappa shape index (κ3) is 3.54. The third-order valence-electron chi connectivity index (χ3n) is 4.20. The molecule has 0 fully saturated rings. The normalized spacial score (nSPS) is 15.5. The molecule has 1 aromatic heterocycles. The number of rotatable bonds is 5. The molecule has 1 amide bonds. The van der Waals surface area contributed by atoms with E-state index < -0.39 is 0 Å². The summed E-state index contributed by atoms with van der Waals surface area (Å²) in [5.41, 5.74) is 1.45. The summed E-state index contributed by atoms with van der Waals surface area (Å²) in [4.78, 5) is 12.4. The molecule has 26 heavy (non-hydrogen) atoms. The summed E-state index contributed by atoms with van der Waals surface area (Å²) < 4.78 is 13.3. The largest absolute Gasteiger partial charge is 0.486 e. The minimum absolute atomic E-state index is 0.0689. The van der Waals surface area contributed by atoms with Crippen LogP contribution < -0.4 is 14.8 Å². The first kappa shape index (κ1) is 16.2. The summed E-state index contributed by atoms with van der Waals surface area (Å²) in [5.74, 6) is 1.40. The van der Waals surface area contributed by atoms with E-state index >= 15 is 0 Å². The van der Waals surface area contributed by atoms with Gasteiger partial charge in [0.15, 0.2) is 11.5 Å². The van der Waals surface area contributed by atoms with E-state index in [2.05, 4.69) is 10.4 Å². The van der Waals surface area contributed by atoms with Crippen LogP contribution in [0.3, 0.4) is 0 Å². The third-order valence-corrected chi connectivity index (χ3v) is 4.20. The number of benzene rings is 2. The van der Waals surface area contributed by atoms with Gasteiger partial charge in [-0.25, -0.2) is 4.68 Å². The maximum absolute atomic E-state index is 12.4. The lowest BCUT2D eigenvalue weighted by atomic mass is 10.1. The summed E-state index contributed by atoms with van der Waals surface area (Å²) in [6, 6.07) is 16.8. The molecule has 132 valence electrons. The Morgan fingerprint density at radius 2 is 2.04 bits per heavy atom. The molecule has 0 saturated heterocycles. The van der Waals surface area contributed by atoms with Crippen molar-refractivity contribution in [2.45, 2.75) is 12.5 Å². The number of carbonyl (C=O) groups is 1. The van der Waals surface area contributed by atoms with Crippen LogP contribution in [0.15, 0.2) is 67.0 Å². The summed E-state index contributed by atoms with van der Waals surface area (Å²) in [5, 5.41) is 7.12. The molecular weight excluding hydrogens is 330 g/mol. The second-order valence-electron chi connectivity index (χ2n) is 6.04. The van der Waals surface area contributed by atoms with Crippen molar-refractivity contribution < 1.29 is 14.3 Å². The first-order valence-corrected chi connectivity index (χ1v) is 8.56. The number of nitrogens with one attached hydrogen (secondary N) is 1. The van der Waals surface area contributed by atoms with E-state index in [9.17, 15) is 4.79 Å². The number of hydrogen-bond acceptors (Lipinski definition) is 4. The molecule has 2 heterocycles. The summed E-state index contributed by atoms with van der Waals surface area (Å²) in [6.45, 7) is 1.00. The highest BCUT2D eigenvalue weighted by Crippen LogP contribution is 2.31. The minimum atomic E-state index is -0.115. The molecule has 1 aliphatic rings. The molecule has 0 unspecified atom stereocenters. The van der Waals surface area contributed by atoms with E-state index in [4.69, 9.17) is 9.47 Å². The Morgan fingerprint density at radius 1 is 1.15 bits per heavy atom. The van der Waals surface area contributed by atoms with Gasteiger partial charge in [0.05, 0.1) is 5.69 Å². The van der Waals surface area contributed by atoms with Gasteiger partial charge in [0.2, 0.25) is 0 Å². The van der Waals surface area contributed by atoms with Crippen molar-refractivity contribution in [1.82, 2.24) is 15.1 Å². The van der Waals surface area contributed by atoms with Crippen LogP contribution in [-0.2, 0) is 0 Å². The standard InChI is InChI=1S/C20H19N3O3/c24-20(15-5-3-6-16(13-15)23-12-4-10-22-23)21-11-9-17-14-25-18-7-1-2-8-19(18)26-17/h1-8,10,12-13,17H,9,11,14H2,(H,21,24)/t17-/m0/s1. The lowest BCUT2D eigenvalue weighted by Crippen LogP contribution is -2.34. The van der Waals surface area contributed by atoms with E-state index in [1.165, 1.54) is 0 Å². The highest BCUT2D eigenvalue weighted by molar-refractivity contribution is 5.94. The van der Waals surface area contributed by atoms with Gasteiger partial charge in [-0.15, -0.1) is 0 Å². The Kier molecular flexibility index (Phi) is 4.55. The van der Waals surface area contributed by atoms with Crippen molar-refractivity contribution in [3.63, 3.8) is 0 Å². The molecule has 6 heteroatoms. The number of para-hydroxylation sites is 2. The van der Waals surface area contributed by atoms with E-state index in [1.54, 1.807) is 16.9 Å². The quantitative estimate of drug-likeness (QED) is 0.769. The zero-order valence-electron chi connectivity index (χ0n) is 14.2. The van der Waals surface area contributed by atoms with Crippen molar-refractivity contribution in [3.8, 4) is 17.2 Å². The molecular formula is C20H19N3O3. The van der Waals surface area contributed by atoms with Crippen molar-refractivity contribution in [2.24, 2.45) is 0 Å². The van der Waals surface area contributed by atoms with Gasteiger partial charge < -0.3 is 14.8 Å². The predicted molar refractivity (Wildman–Crippen MR) is 96.9 cm³/mol. The van der Waals surface area contributed by atoms with Crippen molar-refractivity contribution in [3.05, 3.63) is 72.6 Å². The van der Waals surface area contributed by atoms with Crippen LogP contribution >= 0.6 is 0 Å². The lowest BCUT2D eigenvalue weighted by Gasteiger charge is -2.26. The van der Waals surface area contributed by atoms with Gasteiger partial charge in [0.1, 0.15) is 12.7 Å². The Labute approximate surface area is 151 Å². The Bertz CT molecular complexity index is 893. The molecule has 2 aromatic carbocycles. The fourth-order valence-corrected chi connectivity index (χ4v) is 2.87. The minimum Gasteiger partial charge on any atom is -0.486 e. The second-order valence-corrected chi connectivity index (χ2v) is 6.04. The van der Waals surface area contributed by atoms with Gasteiger partial charge in [-0.3, -0.25) is 4.79 Å². The number of fused-ring (bicyclic) bond motifs is 1. The topological polar surface area (TPSA) is 65.4 Å². The monoisotopic (exact) mass is 349 g/mol. The number of amides is 1. The van der Waals surface area contributed by atoms with Gasteiger partial charge in [-0.1, -0.05) is 18.2 Å². The van der Waals surface area contributed by atoms with Gasteiger partial charge in [-0.2, -0.15) is 5.10 Å². The van der Waals surface area contributed by atoms with E-state index in [0.717, 1.165) is 17.2 Å². The maximum atomic E-state index is 12.4. The van der Waals surface area contributed by atoms with Gasteiger partial charge in [0, 0.05) is 30.9 Å². The van der Waals surface area contributed by atoms with Crippen LogP contribution in [0.4, 0.5) is 0 Å². The lowest BCUT2D eigenvalue weighted by molar-refractivity contribution is 0.0813. The van der Waals surface area contributed by atoms with Crippen molar-refractivity contribution in [1.29, 1.82) is 0 Å². The smallest absolute Gasteiger partial charge is 0.251 e. The van der Waals surface area contributed by atoms with Gasteiger partial charge in [0.25, 0.3) is 5.91 Å². The number of aromatic nitrogens is 2. The zero-order chi connectivity index (χ0) is 17.8. The van der Waals surface area contributed by atoms with Gasteiger partial charge >= 0.3 is 0 Å². The molecule has 0 saturated carbocycles. The fraction of sp³-hybridized carbons (Fsp3) is 0.200. The Morgan fingerprint density at radius 3 is 2.88 bits per heavy atom. The number of carbonyl (C=O) groups excluding carboxylic acids is 1. The van der Waals surface area contributed by atoms with Crippen LogP contribution in [0.5, 0.6) is 11.5 Å². The molecule has 3 aromatic rings. The molecule has 0 spiro atoms. The first-order valence-electron chi connectivity index (χ1n) is 8.56. The fourth-order valence-electron chi connectivity index (χ4n) is 2.87. The van der Waals surface area contributed by atoms with E-state index in [1.807, 2.05) is 54.7 Å². The number of hydrogen-bond donors (Lipinski definition) is 1. The second kappa shape index (κ2) is 7.31. The molecule has 0 aliphatic carbocycles. The number of nitrogens with zero attached hydrogens (tertiary/aromatic N) is 2. The number of ether oxygens (including phenoxy) is 2. The van der Waals surface area contributed by atoms with Crippen LogP contribution in [0, 0.1) is 0 Å². The SMILES string of the molecule is O=C(NCC[C@H]1COc2ccccc2O1)c1cccc(-n2cccn2)c1. The van der Waals surface area contributed by atoms with Crippen molar-refractivity contribution in [2.75, 3.05) is 13.2 Å². The molecule has 1 aliphatic heterocycles. The van der Waals surface area contributed by atoms with Crippen LogP contribution in [-0.4, -0.2) is 34.9 Å². The molecule has 0 bridgehead atoms. The van der Waals surface area contributed by atoms with Crippen LogP contribution in [0.25, 0.3) is 5.69 Å². The van der Waals surface area contributed by atoms with Crippen LogP contribution in [0.2, 0.25) is 0 Å². The summed E-state index contributed by atoms with van der Waals surface area (Å²) in [6.07, 6.45) is 4.16. The Balaban J connectivity index is 1.32. The predicted octanol–water partition coefficient (Wildman–Crippen LogP) is 2.83. The highest BCUT2D eigenvalue weighted by Gasteiger charge is 2.20. The molecule has 1 atom stereocenters. The summed E-state index contributed by atoms with van der Waals surface area (Å²) >= 11 is 0. The zero-order valence-corrected chi connectivity index (χ0v) is 14.2. The summed E-state index contributed by atoms with van der Waals surface area (Å²) in [7, 11) is 0.